The van der Waals surface area contributed by atoms with Gasteiger partial charge in [-0.1, -0.05) is 54.7 Å². The van der Waals surface area contributed by atoms with Gasteiger partial charge in [0.1, 0.15) is 6.04 Å². The molecule has 0 bridgehead atoms. The van der Waals surface area contributed by atoms with Gasteiger partial charge in [-0.25, -0.2) is 0 Å². The van der Waals surface area contributed by atoms with Crippen molar-refractivity contribution in [1.82, 2.24) is 0 Å². The van der Waals surface area contributed by atoms with Crippen molar-refractivity contribution in [2.45, 2.75) is 13.0 Å². The Bertz CT molecular complexity index is 679. The van der Waals surface area contributed by atoms with Crippen molar-refractivity contribution < 1.29 is 40.9 Å². The molecule has 2 rings (SSSR count). The van der Waals surface area contributed by atoms with E-state index in [4.69, 9.17) is 23.1 Å². The molecule has 5 heteroatoms. The van der Waals surface area contributed by atoms with Gasteiger partial charge in [-0.15, -0.1) is 0 Å². The average Bonchev–Trinajstić information content (AvgIpc) is 2.46. The maximum absolute atomic E-state index is 10.9. The molecule has 0 aromatic heterocycles. The number of hydrogen-bond acceptors (Lipinski definition) is 3. The van der Waals surface area contributed by atoms with E-state index in [9.17, 15) is 4.79 Å². The third-order valence-corrected chi connectivity index (χ3v) is 3.62. The monoisotopic (exact) mass is 309 g/mol. The minimum absolute atomic E-state index is 0. The van der Waals surface area contributed by atoms with Crippen LogP contribution >= 0.6 is 12.2 Å². The molecular formula is C16H16NNaO2S. The maximum atomic E-state index is 10.9. The van der Waals surface area contributed by atoms with E-state index < -0.39 is 12.0 Å². The van der Waals surface area contributed by atoms with E-state index >= 15 is 0 Å². The van der Waals surface area contributed by atoms with Gasteiger partial charge >= 0.3 is 35.5 Å². The van der Waals surface area contributed by atoms with Gasteiger partial charge in [0.15, 0.2) is 0 Å². The molecule has 0 amide bonds. The van der Waals surface area contributed by atoms with Crippen LogP contribution in [0.4, 0.5) is 0 Å². The normalized spacial score (nSPS) is 11.3. The van der Waals surface area contributed by atoms with Crippen LogP contribution in [0.2, 0.25) is 0 Å². The van der Waals surface area contributed by atoms with Crippen LogP contribution < -0.4 is 35.3 Å². The number of carboxylic acid groups (broad SMARTS) is 1. The number of nitrogens with two attached hydrogens (primary N) is 1. The first-order valence-electron chi connectivity index (χ1n) is 6.19. The number of aliphatic carboxylic acids is 1. The Morgan fingerprint density at radius 3 is 2.52 bits per heavy atom. The smallest absolute Gasteiger partial charge is 1.00 e. The first-order chi connectivity index (χ1) is 9.50. The summed E-state index contributed by atoms with van der Waals surface area (Å²) in [4.78, 5) is 11.6. The molecule has 0 radical (unpaired) electrons. The SMILES string of the molecule is Cc1ccccc1C(=S)c1cccc(C(N)C(=O)O)c1.[H-].[Na+]. The summed E-state index contributed by atoms with van der Waals surface area (Å²) < 4.78 is 0. The van der Waals surface area contributed by atoms with Crippen molar-refractivity contribution in [1.29, 1.82) is 0 Å². The van der Waals surface area contributed by atoms with Gasteiger partial charge in [0, 0.05) is 0 Å². The largest absolute Gasteiger partial charge is 1.00 e. The molecule has 104 valence electrons. The first kappa shape index (κ1) is 18.0. The summed E-state index contributed by atoms with van der Waals surface area (Å²) in [5, 5.41) is 8.97. The average molecular weight is 309 g/mol. The number of benzene rings is 2. The van der Waals surface area contributed by atoms with Crippen LogP contribution in [0, 0.1) is 6.92 Å². The number of carbonyl (C=O) groups is 1. The van der Waals surface area contributed by atoms with Crippen molar-refractivity contribution in [3.63, 3.8) is 0 Å². The number of carboxylic acids is 1. The summed E-state index contributed by atoms with van der Waals surface area (Å²) in [5.41, 5.74) is 9.05. The van der Waals surface area contributed by atoms with Crippen molar-refractivity contribution in [2.24, 2.45) is 5.73 Å². The van der Waals surface area contributed by atoms with Crippen molar-refractivity contribution in [3.05, 3.63) is 70.8 Å². The summed E-state index contributed by atoms with van der Waals surface area (Å²) >= 11 is 5.50. The third kappa shape index (κ3) is 4.22. The molecule has 0 fully saturated rings. The predicted octanol–water partition coefficient (Wildman–Crippen LogP) is -0.0378. The second kappa shape index (κ2) is 7.82. The van der Waals surface area contributed by atoms with E-state index in [-0.39, 0.29) is 31.0 Å². The van der Waals surface area contributed by atoms with E-state index in [1.807, 2.05) is 37.3 Å². The second-order valence-electron chi connectivity index (χ2n) is 4.59. The van der Waals surface area contributed by atoms with E-state index in [0.29, 0.717) is 10.4 Å². The first-order valence-corrected chi connectivity index (χ1v) is 6.60. The summed E-state index contributed by atoms with van der Waals surface area (Å²) in [5.74, 6) is -1.05. The fourth-order valence-corrected chi connectivity index (χ4v) is 2.36. The topological polar surface area (TPSA) is 63.3 Å². The van der Waals surface area contributed by atoms with Crippen LogP contribution in [-0.2, 0) is 4.79 Å². The summed E-state index contributed by atoms with van der Waals surface area (Å²) in [6.07, 6.45) is 0. The standard InChI is InChI=1S/C16H15NO2S.Na.H/c1-10-5-2-3-8-13(10)15(20)12-7-4-6-11(9-12)14(17)16(18)19;;/h2-9,14H,17H2,1H3,(H,18,19);;/q;+1;-1. The van der Waals surface area contributed by atoms with Gasteiger partial charge in [0.05, 0.1) is 4.86 Å². The van der Waals surface area contributed by atoms with Gasteiger partial charge in [-0.05, 0) is 35.2 Å². The number of hydrogen-bond donors (Lipinski definition) is 2. The Hall–Kier alpha value is -1.04. The van der Waals surface area contributed by atoms with Crippen LogP contribution in [-0.4, -0.2) is 15.9 Å². The van der Waals surface area contributed by atoms with Gasteiger partial charge in [-0.2, -0.15) is 0 Å². The van der Waals surface area contributed by atoms with Crippen LogP contribution in [0.25, 0.3) is 0 Å². The molecule has 0 saturated carbocycles. The second-order valence-corrected chi connectivity index (χ2v) is 4.99. The van der Waals surface area contributed by atoms with Crippen LogP contribution in [0.1, 0.15) is 29.7 Å². The number of aryl methyl sites for hydroxylation is 1. The Morgan fingerprint density at radius 1 is 1.24 bits per heavy atom. The molecule has 0 aliphatic heterocycles. The van der Waals surface area contributed by atoms with Gasteiger partial charge in [0.25, 0.3) is 0 Å². The molecule has 3 nitrogen and oxygen atoms in total. The third-order valence-electron chi connectivity index (χ3n) is 3.16. The van der Waals surface area contributed by atoms with Gasteiger partial charge in [-0.3, -0.25) is 4.79 Å². The van der Waals surface area contributed by atoms with Crippen molar-refractivity contribution in [3.8, 4) is 0 Å². The van der Waals surface area contributed by atoms with E-state index in [1.54, 1.807) is 18.2 Å². The molecule has 0 saturated heterocycles. The Labute approximate surface area is 153 Å². The number of rotatable bonds is 4. The fraction of sp³-hybridized carbons (Fsp3) is 0.125. The van der Waals surface area contributed by atoms with E-state index in [0.717, 1.165) is 16.7 Å². The van der Waals surface area contributed by atoms with Gasteiger partial charge in [0.2, 0.25) is 0 Å². The Balaban J connectivity index is 0.00000220. The molecule has 2 aromatic rings. The molecule has 0 aliphatic rings. The zero-order valence-electron chi connectivity index (χ0n) is 13.0. The van der Waals surface area contributed by atoms with E-state index in [2.05, 4.69) is 0 Å². The molecule has 3 N–H and O–H groups in total. The van der Waals surface area contributed by atoms with Crippen LogP contribution in [0.5, 0.6) is 0 Å². The quantitative estimate of drug-likeness (QED) is 0.473. The van der Waals surface area contributed by atoms with E-state index in [1.165, 1.54) is 0 Å². The van der Waals surface area contributed by atoms with Gasteiger partial charge < -0.3 is 12.3 Å². The minimum atomic E-state index is -1.05. The van der Waals surface area contributed by atoms with Crippen molar-refractivity contribution in [2.75, 3.05) is 0 Å². The molecule has 1 unspecified atom stereocenters. The molecule has 0 aliphatic carbocycles. The predicted molar refractivity (Wildman–Crippen MR) is 84.1 cm³/mol. The maximum Gasteiger partial charge on any atom is 1.00 e. The molecule has 1 atom stereocenters. The fourth-order valence-electron chi connectivity index (χ4n) is 2.00. The minimum Gasteiger partial charge on any atom is -1.00 e. The van der Waals surface area contributed by atoms with Crippen LogP contribution in [0.3, 0.4) is 0 Å². The molecule has 0 spiro atoms. The Morgan fingerprint density at radius 2 is 1.90 bits per heavy atom. The zero-order chi connectivity index (χ0) is 14.7. The molecule has 0 heterocycles. The summed E-state index contributed by atoms with van der Waals surface area (Å²) in [6.45, 7) is 1.99. The Kier molecular flexibility index (Phi) is 6.71. The van der Waals surface area contributed by atoms with Crippen LogP contribution in [0.15, 0.2) is 48.5 Å². The molecule has 21 heavy (non-hydrogen) atoms. The molecule has 2 aromatic carbocycles. The summed E-state index contributed by atoms with van der Waals surface area (Å²) in [6, 6.07) is 13.9. The zero-order valence-corrected chi connectivity index (χ0v) is 14.9. The summed E-state index contributed by atoms with van der Waals surface area (Å²) in [7, 11) is 0. The molecular weight excluding hydrogens is 293 g/mol. The number of thiocarbonyl (C=S) groups is 1. The van der Waals surface area contributed by atoms with Crippen molar-refractivity contribution >= 4 is 23.1 Å².